The van der Waals surface area contributed by atoms with Crippen molar-refractivity contribution in [2.24, 2.45) is 5.92 Å². The van der Waals surface area contributed by atoms with E-state index in [-0.39, 0.29) is 24.0 Å². The molecule has 0 amide bonds. The van der Waals surface area contributed by atoms with Crippen molar-refractivity contribution in [3.63, 3.8) is 0 Å². The summed E-state index contributed by atoms with van der Waals surface area (Å²) < 4.78 is 16.1. The average Bonchev–Trinajstić information content (AvgIpc) is 3.25. The third-order valence-electron chi connectivity index (χ3n) is 7.89. The van der Waals surface area contributed by atoms with Crippen molar-refractivity contribution in [1.82, 2.24) is 19.9 Å². The van der Waals surface area contributed by atoms with Gasteiger partial charge in [0.05, 0.1) is 22.8 Å². The van der Waals surface area contributed by atoms with Gasteiger partial charge in [-0.25, -0.2) is 0 Å². The fraction of sp³-hybridized carbons (Fsp3) is 0.356. The van der Waals surface area contributed by atoms with Gasteiger partial charge in [-0.1, -0.05) is 102 Å². The lowest BCUT2D eigenvalue weighted by Crippen LogP contribution is -2.21. The lowest BCUT2D eigenvalue weighted by Gasteiger charge is -2.29. The van der Waals surface area contributed by atoms with Crippen LogP contribution in [0.15, 0.2) is 128 Å². The number of pyridine rings is 4. The van der Waals surface area contributed by atoms with Gasteiger partial charge >= 0.3 is 17.9 Å². The molecule has 0 saturated heterocycles. The molecule has 10 nitrogen and oxygen atoms in total. The predicted octanol–water partition coefficient (Wildman–Crippen LogP) is 10.2. The van der Waals surface area contributed by atoms with Gasteiger partial charge in [0.15, 0.2) is 12.2 Å². The van der Waals surface area contributed by atoms with E-state index in [4.69, 9.17) is 14.2 Å². The molecular formula is C45H56N4O6. The molecule has 6 rings (SSSR count). The van der Waals surface area contributed by atoms with Gasteiger partial charge in [0.25, 0.3) is 0 Å². The van der Waals surface area contributed by atoms with Crippen molar-refractivity contribution in [2.75, 3.05) is 0 Å². The molecule has 0 spiro atoms. The van der Waals surface area contributed by atoms with Gasteiger partial charge < -0.3 is 14.2 Å². The number of nitrogens with zero attached hydrogens (tertiary/aromatic N) is 4. The Bertz CT molecular complexity index is 1570. The van der Waals surface area contributed by atoms with E-state index >= 15 is 0 Å². The van der Waals surface area contributed by atoms with E-state index in [0.717, 1.165) is 29.8 Å². The second-order valence-corrected chi connectivity index (χ2v) is 11.8. The Morgan fingerprint density at radius 1 is 0.473 bits per heavy atom. The molecule has 0 bridgehead atoms. The molecule has 0 radical (unpaired) electrons. The summed E-state index contributed by atoms with van der Waals surface area (Å²) in [5.74, 6) is -0.454. The highest BCUT2D eigenvalue weighted by Crippen LogP contribution is 2.36. The second kappa shape index (κ2) is 26.9. The van der Waals surface area contributed by atoms with Gasteiger partial charge in [-0.05, 0) is 66.9 Å². The first kappa shape index (κ1) is 45.4. The van der Waals surface area contributed by atoms with Gasteiger partial charge in [-0.3, -0.25) is 34.3 Å². The molecule has 2 atom stereocenters. The number of benzene rings is 1. The second-order valence-electron chi connectivity index (χ2n) is 11.8. The van der Waals surface area contributed by atoms with E-state index in [1.807, 2.05) is 131 Å². The largest absolute Gasteiger partial charge is 0.456 e. The fourth-order valence-electron chi connectivity index (χ4n) is 5.68. The van der Waals surface area contributed by atoms with Crippen LogP contribution in [0.5, 0.6) is 0 Å². The predicted molar refractivity (Wildman–Crippen MR) is 214 cm³/mol. The van der Waals surface area contributed by atoms with Crippen LogP contribution in [-0.2, 0) is 28.6 Å². The Morgan fingerprint density at radius 3 is 1.22 bits per heavy atom. The zero-order chi connectivity index (χ0) is 40.3. The lowest BCUT2D eigenvalue weighted by atomic mass is 9.84. The molecule has 292 valence electrons. The van der Waals surface area contributed by atoms with Crippen LogP contribution in [0.2, 0.25) is 0 Å². The van der Waals surface area contributed by atoms with Crippen molar-refractivity contribution in [3.05, 3.63) is 156 Å². The number of carbonyl (C=O) groups excluding carboxylic acids is 3. The fourth-order valence-corrected chi connectivity index (χ4v) is 5.68. The highest BCUT2D eigenvalue weighted by atomic mass is 16.6. The number of hydrogen-bond donors (Lipinski definition) is 0. The van der Waals surface area contributed by atoms with E-state index in [1.54, 1.807) is 24.8 Å². The normalized spacial score (nSPS) is 12.8. The molecule has 2 unspecified atom stereocenters. The minimum atomic E-state index is -0.546. The van der Waals surface area contributed by atoms with Crippen molar-refractivity contribution < 1.29 is 28.6 Å². The first-order valence-corrected chi connectivity index (χ1v) is 19.0. The number of carbonyl (C=O) groups is 3. The Kier molecular flexibility index (Phi) is 22.2. The Hall–Kier alpha value is -5.77. The van der Waals surface area contributed by atoms with Crippen molar-refractivity contribution in [3.8, 4) is 0 Å². The molecule has 4 heterocycles. The maximum atomic E-state index is 11.2. The van der Waals surface area contributed by atoms with Crippen LogP contribution in [0, 0.1) is 5.92 Å². The monoisotopic (exact) mass is 748 g/mol. The maximum Gasteiger partial charge on any atom is 0.303 e. The van der Waals surface area contributed by atoms with Crippen LogP contribution in [-0.4, -0.2) is 37.8 Å². The third kappa shape index (κ3) is 16.8. The summed E-state index contributed by atoms with van der Waals surface area (Å²) in [4.78, 5) is 50.4. The summed E-state index contributed by atoms with van der Waals surface area (Å²) in [7, 11) is 0. The topological polar surface area (TPSA) is 130 Å². The number of rotatable bonds is 9. The molecule has 1 aliphatic rings. The molecule has 1 aliphatic carbocycles. The number of hydrogen-bond acceptors (Lipinski definition) is 10. The summed E-state index contributed by atoms with van der Waals surface area (Å²) in [5, 5.41) is 0. The van der Waals surface area contributed by atoms with Gasteiger partial charge in [0, 0.05) is 51.5 Å². The van der Waals surface area contributed by atoms with Crippen molar-refractivity contribution in [2.45, 2.75) is 98.9 Å². The summed E-state index contributed by atoms with van der Waals surface area (Å²) in [6.45, 7) is 12.2. The van der Waals surface area contributed by atoms with Crippen LogP contribution in [0.25, 0.3) is 0 Å². The van der Waals surface area contributed by atoms with Crippen LogP contribution in [0.4, 0.5) is 0 Å². The van der Waals surface area contributed by atoms with Gasteiger partial charge in [0.2, 0.25) is 0 Å². The molecule has 5 aromatic rings. The van der Waals surface area contributed by atoms with E-state index in [0.29, 0.717) is 17.3 Å². The zero-order valence-electron chi connectivity index (χ0n) is 33.2. The minimum absolute atomic E-state index is 0.158. The van der Waals surface area contributed by atoms with E-state index in [2.05, 4.69) is 19.9 Å². The van der Waals surface area contributed by atoms with Crippen LogP contribution in [0.1, 0.15) is 127 Å². The average molecular weight is 749 g/mol. The van der Waals surface area contributed by atoms with E-state index < -0.39 is 12.2 Å². The number of aromatic nitrogens is 4. The van der Waals surface area contributed by atoms with Gasteiger partial charge in [0.1, 0.15) is 6.10 Å². The Morgan fingerprint density at radius 2 is 0.836 bits per heavy atom. The van der Waals surface area contributed by atoms with Crippen LogP contribution >= 0.6 is 0 Å². The SMILES string of the molecule is CC.CC.CC(=O)OC(c1ccccc1)c1ccccn1.CC(=O)OC(c1ccccn1)C1CCCCC1.CC(=O)OC(c1ccccn1)c1ccccn1. The third-order valence-corrected chi connectivity index (χ3v) is 7.89. The van der Waals surface area contributed by atoms with Gasteiger partial charge in [-0.2, -0.15) is 0 Å². The molecule has 10 heteroatoms. The van der Waals surface area contributed by atoms with E-state index in [9.17, 15) is 14.4 Å². The van der Waals surface area contributed by atoms with Crippen molar-refractivity contribution >= 4 is 17.9 Å². The first-order valence-electron chi connectivity index (χ1n) is 19.0. The Labute approximate surface area is 326 Å². The molecule has 1 aromatic carbocycles. The zero-order valence-corrected chi connectivity index (χ0v) is 33.2. The number of esters is 3. The summed E-state index contributed by atoms with van der Waals surface area (Å²) in [6, 6.07) is 31.9. The molecule has 0 N–H and O–H groups in total. The smallest absolute Gasteiger partial charge is 0.303 e. The highest BCUT2D eigenvalue weighted by Gasteiger charge is 2.28. The Balaban J connectivity index is 0.000000272. The lowest BCUT2D eigenvalue weighted by molar-refractivity contribution is -0.150. The van der Waals surface area contributed by atoms with Crippen molar-refractivity contribution in [1.29, 1.82) is 0 Å². The summed E-state index contributed by atoms with van der Waals surface area (Å²) in [5.41, 5.74) is 3.87. The highest BCUT2D eigenvalue weighted by molar-refractivity contribution is 5.67. The van der Waals surface area contributed by atoms with Crippen LogP contribution < -0.4 is 0 Å². The quantitative estimate of drug-likeness (QED) is 0.106. The van der Waals surface area contributed by atoms with Crippen LogP contribution in [0.3, 0.4) is 0 Å². The molecule has 1 fully saturated rings. The molecule has 1 saturated carbocycles. The number of ether oxygens (including phenoxy) is 3. The summed E-state index contributed by atoms with van der Waals surface area (Å²) >= 11 is 0. The maximum absolute atomic E-state index is 11.2. The summed E-state index contributed by atoms with van der Waals surface area (Å²) in [6.07, 6.45) is 11.7. The molecule has 55 heavy (non-hydrogen) atoms. The molecule has 4 aromatic heterocycles. The standard InChI is InChI=1S/C14H19NO2.C14H13NO2.C13H12N2O2.2C2H6/c2*1-11(16)17-14(12-7-3-2-4-8-12)13-9-5-6-10-15-13;1-10(16)17-13(11-6-2-4-8-14-11)12-7-3-5-9-15-12;2*1-2/h5-6,9-10,12,14H,2-4,7-8H2,1H3;2-10,14H,1H3;2-9,13H,1H3;2*1-2H3. The molecule has 0 aliphatic heterocycles. The minimum Gasteiger partial charge on any atom is -0.456 e. The first-order chi connectivity index (χ1) is 26.8. The van der Waals surface area contributed by atoms with E-state index in [1.165, 1.54) is 40.0 Å². The van der Waals surface area contributed by atoms with Gasteiger partial charge in [-0.15, -0.1) is 0 Å². The molecular weight excluding hydrogens is 693 g/mol.